The van der Waals surface area contributed by atoms with Gasteiger partial charge in [-0.25, -0.2) is 0 Å². The Morgan fingerprint density at radius 3 is 2.00 bits per heavy atom. The number of benzene rings is 2. The number of nitrogens with two attached hydrogens (primary N) is 1. The third-order valence-electron chi connectivity index (χ3n) is 3.49. The van der Waals surface area contributed by atoms with Crippen LogP contribution in [0.2, 0.25) is 0 Å². The average Bonchev–Trinajstić information content (AvgIpc) is 2.43. The molecule has 0 saturated heterocycles. The van der Waals surface area contributed by atoms with E-state index in [2.05, 4.69) is 61.6 Å². The van der Waals surface area contributed by atoms with Crippen LogP contribution < -0.4 is 11.1 Å². The molecule has 3 N–H and O–H groups in total. The monoisotopic (exact) mass is 254 g/mol. The molecule has 0 aromatic heterocycles. The summed E-state index contributed by atoms with van der Waals surface area (Å²) in [6.45, 7) is 6.70. The summed E-state index contributed by atoms with van der Waals surface area (Å²) >= 11 is 0. The van der Waals surface area contributed by atoms with Crippen molar-refractivity contribution in [3.05, 3.63) is 70.3 Å². The Morgan fingerprint density at radius 1 is 0.789 bits per heavy atom. The molecule has 0 unspecified atom stereocenters. The molecular formula is C17H22N2. The van der Waals surface area contributed by atoms with Gasteiger partial charge in [-0.2, -0.15) is 0 Å². The summed E-state index contributed by atoms with van der Waals surface area (Å²) in [6.07, 6.45) is 0. The van der Waals surface area contributed by atoms with E-state index >= 15 is 0 Å². The molecule has 0 aliphatic heterocycles. The van der Waals surface area contributed by atoms with Gasteiger partial charge in [-0.1, -0.05) is 42.5 Å². The molecule has 0 aliphatic carbocycles. The summed E-state index contributed by atoms with van der Waals surface area (Å²) in [7, 11) is 0. The van der Waals surface area contributed by atoms with Crippen molar-refractivity contribution in [1.82, 2.24) is 5.32 Å². The first-order valence-corrected chi connectivity index (χ1v) is 6.74. The molecule has 0 fully saturated rings. The quantitative estimate of drug-likeness (QED) is 0.860. The Kier molecular flexibility index (Phi) is 4.72. The molecule has 0 heterocycles. The van der Waals surface area contributed by atoms with Crippen LogP contribution in [0.25, 0.3) is 0 Å². The normalized spacial score (nSPS) is 10.7. The summed E-state index contributed by atoms with van der Waals surface area (Å²) in [5, 5.41) is 3.47. The van der Waals surface area contributed by atoms with Gasteiger partial charge in [0.05, 0.1) is 0 Å². The van der Waals surface area contributed by atoms with Crippen molar-refractivity contribution in [3.8, 4) is 0 Å². The molecule has 0 amide bonds. The first-order valence-electron chi connectivity index (χ1n) is 6.74. The number of aryl methyl sites for hydroxylation is 2. The highest BCUT2D eigenvalue weighted by Crippen LogP contribution is 2.10. The molecule has 2 heteroatoms. The zero-order valence-corrected chi connectivity index (χ0v) is 11.7. The number of rotatable bonds is 5. The largest absolute Gasteiger partial charge is 0.326 e. The lowest BCUT2D eigenvalue weighted by Crippen LogP contribution is -2.12. The third kappa shape index (κ3) is 3.91. The lowest BCUT2D eigenvalue weighted by molar-refractivity contribution is 0.692. The standard InChI is InChI=1S/C17H22N2/c1-13-3-4-17(9-14(13)2)12-19-11-16-7-5-15(10-18)6-8-16/h3-9,19H,10-12,18H2,1-2H3. The van der Waals surface area contributed by atoms with Gasteiger partial charge in [0.25, 0.3) is 0 Å². The Labute approximate surface area is 115 Å². The Hall–Kier alpha value is -1.64. The van der Waals surface area contributed by atoms with Crippen LogP contribution in [0.15, 0.2) is 42.5 Å². The molecule has 0 radical (unpaired) electrons. The van der Waals surface area contributed by atoms with E-state index in [4.69, 9.17) is 5.73 Å². The van der Waals surface area contributed by atoms with E-state index in [-0.39, 0.29) is 0 Å². The van der Waals surface area contributed by atoms with Crippen molar-refractivity contribution in [2.75, 3.05) is 0 Å². The molecule has 100 valence electrons. The van der Waals surface area contributed by atoms with E-state index < -0.39 is 0 Å². The van der Waals surface area contributed by atoms with Crippen LogP contribution in [0.4, 0.5) is 0 Å². The molecule has 2 aromatic carbocycles. The van der Waals surface area contributed by atoms with Gasteiger partial charge >= 0.3 is 0 Å². The fourth-order valence-corrected chi connectivity index (χ4v) is 2.06. The summed E-state index contributed by atoms with van der Waals surface area (Å²) in [5.74, 6) is 0. The van der Waals surface area contributed by atoms with E-state index in [1.807, 2.05) is 0 Å². The molecule has 2 rings (SSSR count). The van der Waals surface area contributed by atoms with Crippen LogP contribution in [-0.2, 0) is 19.6 Å². The van der Waals surface area contributed by atoms with Gasteiger partial charge in [0.2, 0.25) is 0 Å². The van der Waals surface area contributed by atoms with Gasteiger partial charge < -0.3 is 11.1 Å². The van der Waals surface area contributed by atoms with E-state index in [1.165, 1.54) is 27.8 Å². The predicted octanol–water partition coefficient (Wildman–Crippen LogP) is 3.05. The second kappa shape index (κ2) is 6.50. The molecule has 0 aliphatic rings. The molecule has 2 nitrogen and oxygen atoms in total. The molecule has 0 bridgehead atoms. The maximum atomic E-state index is 5.59. The highest BCUT2D eigenvalue weighted by atomic mass is 14.8. The Bertz CT molecular complexity index is 529. The van der Waals surface area contributed by atoms with Crippen LogP contribution in [0.1, 0.15) is 27.8 Å². The SMILES string of the molecule is Cc1ccc(CNCc2ccc(CN)cc2)cc1C. The topological polar surface area (TPSA) is 38.0 Å². The highest BCUT2D eigenvalue weighted by Gasteiger charge is 1.97. The van der Waals surface area contributed by atoms with Crippen molar-refractivity contribution >= 4 is 0 Å². The van der Waals surface area contributed by atoms with Crippen molar-refractivity contribution in [1.29, 1.82) is 0 Å². The zero-order valence-electron chi connectivity index (χ0n) is 11.7. The third-order valence-corrected chi connectivity index (χ3v) is 3.49. The summed E-state index contributed by atoms with van der Waals surface area (Å²) in [5.41, 5.74) is 12.1. The fourth-order valence-electron chi connectivity index (χ4n) is 2.06. The molecule has 0 saturated carbocycles. The molecule has 0 atom stereocenters. The molecule has 2 aromatic rings. The highest BCUT2D eigenvalue weighted by molar-refractivity contribution is 5.30. The molecule has 19 heavy (non-hydrogen) atoms. The van der Waals surface area contributed by atoms with Crippen molar-refractivity contribution in [2.24, 2.45) is 5.73 Å². The fraction of sp³-hybridized carbons (Fsp3) is 0.294. The zero-order chi connectivity index (χ0) is 13.7. The first kappa shape index (κ1) is 13.8. The predicted molar refractivity (Wildman–Crippen MR) is 80.8 cm³/mol. The van der Waals surface area contributed by atoms with Crippen molar-refractivity contribution in [3.63, 3.8) is 0 Å². The van der Waals surface area contributed by atoms with E-state index in [1.54, 1.807) is 0 Å². The van der Waals surface area contributed by atoms with Gasteiger partial charge in [-0.3, -0.25) is 0 Å². The van der Waals surface area contributed by atoms with E-state index in [0.29, 0.717) is 6.54 Å². The second-order valence-electron chi connectivity index (χ2n) is 5.04. The minimum absolute atomic E-state index is 0.607. The van der Waals surface area contributed by atoms with Gasteiger partial charge in [0, 0.05) is 19.6 Å². The smallest absolute Gasteiger partial charge is 0.0208 e. The number of hydrogen-bond acceptors (Lipinski definition) is 2. The molecule has 0 spiro atoms. The van der Waals surface area contributed by atoms with Crippen molar-refractivity contribution < 1.29 is 0 Å². The Morgan fingerprint density at radius 2 is 1.37 bits per heavy atom. The maximum Gasteiger partial charge on any atom is 0.0208 e. The second-order valence-corrected chi connectivity index (χ2v) is 5.04. The lowest BCUT2D eigenvalue weighted by atomic mass is 10.1. The van der Waals surface area contributed by atoms with Crippen LogP contribution in [-0.4, -0.2) is 0 Å². The van der Waals surface area contributed by atoms with Gasteiger partial charge in [-0.05, 0) is 41.7 Å². The van der Waals surface area contributed by atoms with Gasteiger partial charge in [0.1, 0.15) is 0 Å². The first-order chi connectivity index (χ1) is 9.19. The Balaban J connectivity index is 1.86. The number of hydrogen-bond donors (Lipinski definition) is 2. The van der Waals surface area contributed by atoms with Crippen LogP contribution in [0.5, 0.6) is 0 Å². The van der Waals surface area contributed by atoms with Crippen LogP contribution in [0.3, 0.4) is 0 Å². The van der Waals surface area contributed by atoms with Crippen LogP contribution in [0, 0.1) is 13.8 Å². The number of nitrogens with one attached hydrogen (secondary N) is 1. The van der Waals surface area contributed by atoms with Gasteiger partial charge in [0.15, 0.2) is 0 Å². The lowest BCUT2D eigenvalue weighted by Gasteiger charge is -2.08. The summed E-state index contributed by atoms with van der Waals surface area (Å²) < 4.78 is 0. The minimum Gasteiger partial charge on any atom is -0.326 e. The van der Waals surface area contributed by atoms with Crippen molar-refractivity contribution in [2.45, 2.75) is 33.5 Å². The summed E-state index contributed by atoms with van der Waals surface area (Å²) in [4.78, 5) is 0. The van der Waals surface area contributed by atoms with Crippen LogP contribution >= 0.6 is 0 Å². The summed E-state index contributed by atoms with van der Waals surface area (Å²) in [6, 6.07) is 15.1. The minimum atomic E-state index is 0.607. The maximum absolute atomic E-state index is 5.59. The van der Waals surface area contributed by atoms with E-state index in [9.17, 15) is 0 Å². The average molecular weight is 254 g/mol. The molecular weight excluding hydrogens is 232 g/mol. The van der Waals surface area contributed by atoms with E-state index in [0.717, 1.165) is 13.1 Å². The van der Waals surface area contributed by atoms with Gasteiger partial charge in [-0.15, -0.1) is 0 Å².